The van der Waals surface area contributed by atoms with Crippen molar-refractivity contribution >= 4 is 0 Å². The predicted molar refractivity (Wildman–Crippen MR) is 60.7 cm³/mol. The number of imidazole rings is 1. The van der Waals surface area contributed by atoms with Crippen LogP contribution in [0.4, 0.5) is 0 Å². The minimum atomic E-state index is 0.984. The van der Waals surface area contributed by atoms with E-state index < -0.39 is 0 Å². The molecule has 0 aromatic carbocycles. The number of hydrogen-bond donors (Lipinski definition) is 0. The van der Waals surface area contributed by atoms with E-state index in [9.17, 15) is 0 Å². The first-order valence-electron chi connectivity index (χ1n) is 5.55. The lowest BCUT2D eigenvalue weighted by Gasteiger charge is -2.31. The molecule has 1 aliphatic rings. The highest BCUT2D eigenvalue weighted by molar-refractivity contribution is 5.02. The molecule has 1 fully saturated rings. The van der Waals surface area contributed by atoms with Gasteiger partial charge in [-0.15, -0.1) is 0 Å². The third-order valence-electron chi connectivity index (χ3n) is 3.28. The van der Waals surface area contributed by atoms with Crippen molar-refractivity contribution in [2.45, 2.75) is 13.5 Å². The zero-order chi connectivity index (χ0) is 10.8. The second-order valence-corrected chi connectivity index (χ2v) is 4.45. The van der Waals surface area contributed by atoms with Crippen LogP contribution in [0.25, 0.3) is 0 Å². The normalized spacial score (nSPS) is 19.7. The fourth-order valence-electron chi connectivity index (χ4n) is 1.90. The van der Waals surface area contributed by atoms with Gasteiger partial charge in [0.15, 0.2) is 0 Å². The maximum Gasteiger partial charge on any atom is 0.122 e. The lowest BCUT2D eigenvalue weighted by molar-refractivity contribution is 0.144. The number of piperazine rings is 1. The predicted octanol–water partition coefficient (Wildman–Crippen LogP) is 0.476. The first kappa shape index (κ1) is 10.6. The van der Waals surface area contributed by atoms with Gasteiger partial charge in [-0.1, -0.05) is 0 Å². The smallest absolute Gasteiger partial charge is 0.122 e. The molecule has 0 radical (unpaired) electrons. The molecule has 1 aromatic heterocycles. The second-order valence-electron chi connectivity index (χ2n) is 4.45. The fourth-order valence-corrected chi connectivity index (χ4v) is 1.90. The van der Waals surface area contributed by atoms with Crippen LogP contribution in [0, 0.1) is 6.92 Å². The Morgan fingerprint density at radius 1 is 1.20 bits per heavy atom. The minimum absolute atomic E-state index is 0.984. The van der Waals surface area contributed by atoms with Gasteiger partial charge in [-0.3, -0.25) is 4.90 Å². The highest BCUT2D eigenvalue weighted by atomic mass is 15.3. The average Bonchev–Trinajstić information content (AvgIpc) is 2.53. The van der Waals surface area contributed by atoms with Crippen molar-refractivity contribution in [1.82, 2.24) is 19.4 Å². The molecule has 0 saturated carbocycles. The van der Waals surface area contributed by atoms with E-state index in [0.717, 1.165) is 19.6 Å². The van der Waals surface area contributed by atoms with Gasteiger partial charge in [0.1, 0.15) is 5.82 Å². The Morgan fingerprint density at radius 2 is 1.87 bits per heavy atom. The maximum atomic E-state index is 4.44. The SMILES string of the molecule is Cc1cnc(CN2CCN(C)CC2)n1C. The molecule has 2 rings (SSSR count). The van der Waals surface area contributed by atoms with E-state index >= 15 is 0 Å². The number of aryl methyl sites for hydroxylation is 1. The van der Waals surface area contributed by atoms with Crippen LogP contribution in [0.2, 0.25) is 0 Å². The van der Waals surface area contributed by atoms with Gasteiger partial charge in [-0.2, -0.15) is 0 Å². The first-order valence-corrected chi connectivity index (χ1v) is 5.55. The van der Waals surface area contributed by atoms with Gasteiger partial charge in [0.25, 0.3) is 0 Å². The summed E-state index contributed by atoms with van der Waals surface area (Å²) in [4.78, 5) is 9.29. The third-order valence-corrected chi connectivity index (χ3v) is 3.28. The average molecular weight is 208 g/mol. The summed E-state index contributed by atoms with van der Waals surface area (Å²) >= 11 is 0. The van der Waals surface area contributed by atoms with Gasteiger partial charge in [0.2, 0.25) is 0 Å². The van der Waals surface area contributed by atoms with Gasteiger partial charge in [0, 0.05) is 45.1 Å². The van der Waals surface area contributed by atoms with Crippen LogP contribution in [-0.2, 0) is 13.6 Å². The number of nitrogens with zero attached hydrogens (tertiary/aromatic N) is 4. The van der Waals surface area contributed by atoms with Crippen LogP contribution in [0.5, 0.6) is 0 Å². The first-order chi connectivity index (χ1) is 7.16. The molecule has 0 amide bonds. The molecule has 1 aliphatic heterocycles. The van der Waals surface area contributed by atoms with Crippen LogP contribution >= 0.6 is 0 Å². The Bertz CT molecular complexity index is 323. The van der Waals surface area contributed by atoms with Crippen molar-refractivity contribution < 1.29 is 0 Å². The van der Waals surface area contributed by atoms with E-state index in [1.54, 1.807) is 0 Å². The molecule has 4 heteroatoms. The molecule has 4 nitrogen and oxygen atoms in total. The highest BCUT2D eigenvalue weighted by Crippen LogP contribution is 2.07. The van der Waals surface area contributed by atoms with Crippen molar-refractivity contribution in [2.24, 2.45) is 7.05 Å². The Labute approximate surface area is 91.5 Å². The number of likely N-dealkylation sites (N-methyl/N-ethyl adjacent to an activating group) is 1. The van der Waals surface area contributed by atoms with E-state index in [-0.39, 0.29) is 0 Å². The summed E-state index contributed by atoms with van der Waals surface area (Å²) in [5, 5.41) is 0. The van der Waals surface area contributed by atoms with Gasteiger partial charge < -0.3 is 9.47 Å². The Hall–Kier alpha value is -0.870. The highest BCUT2D eigenvalue weighted by Gasteiger charge is 2.15. The van der Waals surface area contributed by atoms with Crippen LogP contribution in [-0.4, -0.2) is 52.6 Å². The lowest BCUT2D eigenvalue weighted by Crippen LogP contribution is -2.44. The zero-order valence-corrected chi connectivity index (χ0v) is 9.90. The molecule has 0 aliphatic carbocycles. The summed E-state index contributed by atoms with van der Waals surface area (Å²) < 4.78 is 2.18. The summed E-state index contributed by atoms with van der Waals surface area (Å²) in [6, 6.07) is 0. The molecule has 1 saturated heterocycles. The van der Waals surface area contributed by atoms with Crippen molar-refractivity contribution in [3.8, 4) is 0 Å². The monoisotopic (exact) mass is 208 g/mol. The van der Waals surface area contributed by atoms with E-state index in [4.69, 9.17) is 0 Å². The molecule has 0 atom stereocenters. The van der Waals surface area contributed by atoms with E-state index in [2.05, 4.69) is 40.4 Å². The minimum Gasteiger partial charge on any atom is -0.334 e. The van der Waals surface area contributed by atoms with Crippen molar-refractivity contribution in [3.05, 3.63) is 17.7 Å². The molecule has 84 valence electrons. The molecule has 15 heavy (non-hydrogen) atoms. The molecular formula is C11H20N4. The number of hydrogen-bond acceptors (Lipinski definition) is 3. The van der Waals surface area contributed by atoms with Crippen molar-refractivity contribution in [3.63, 3.8) is 0 Å². The lowest BCUT2D eigenvalue weighted by atomic mass is 10.3. The van der Waals surface area contributed by atoms with E-state index in [0.29, 0.717) is 0 Å². The Morgan fingerprint density at radius 3 is 2.40 bits per heavy atom. The van der Waals surface area contributed by atoms with Gasteiger partial charge in [0.05, 0.1) is 6.54 Å². The second kappa shape index (κ2) is 4.33. The number of aromatic nitrogens is 2. The molecule has 0 bridgehead atoms. The van der Waals surface area contributed by atoms with Gasteiger partial charge in [-0.25, -0.2) is 4.98 Å². The summed E-state index contributed by atoms with van der Waals surface area (Å²) in [5.74, 6) is 1.18. The molecule has 0 N–H and O–H groups in total. The molecular weight excluding hydrogens is 188 g/mol. The van der Waals surface area contributed by atoms with Crippen LogP contribution in [0.3, 0.4) is 0 Å². The molecule has 1 aromatic rings. The summed E-state index contributed by atoms with van der Waals surface area (Å²) in [5.41, 5.74) is 1.24. The summed E-state index contributed by atoms with van der Waals surface area (Å²) in [6.45, 7) is 7.73. The van der Waals surface area contributed by atoms with Crippen LogP contribution < -0.4 is 0 Å². The molecule has 0 unspecified atom stereocenters. The van der Waals surface area contributed by atoms with E-state index in [1.807, 2.05) is 6.20 Å². The fraction of sp³-hybridized carbons (Fsp3) is 0.727. The Kier molecular flexibility index (Phi) is 3.07. The van der Waals surface area contributed by atoms with Crippen LogP contribution in [0.15, 0.2) is 6.20 Å². The van der Waals surface area contributed by atoms with Gasteiger partial charge >= 0.3 is 0 Å². The molecule has 0 spiro atoms. The standard InChI is InChI=1S/C11H20N4/c1-10-8-12-11(14(10)3)9-15-6-4-13(2)5-7-15/h8H,4-7,9H2,1-3H3. The molecule has 2 heterocycles. The van der Waals surface area contributed by atoms with Gasteiger partial charge in [-0.05, 0) is 14.0 Å². The quantitative estimate of drug-likeness (QED) is 0.706. The summed E-state index contributed by atoms with van der Waals surface area (Å²) in [6.07, 6.45) is 1.95. The topological polar surface area (TPSA) is 24.3 Å². The zero-order valence-electron chi connectivity index (χ0n) is 9.90. The third kappa shape index (κ3) is 2.38. The Balaban J connectivity index is 1.94. The summed E-state index contributed by atoms with van der Waals surface area (Å²) in [7, 11) is 4.27. The van der Waals surface area contributed by atoms with Crippen molar-refractivity contribution in [2.75, 3.05) is 33.2 Å². The largest absolute Gasteiger partial charge is 0.334 e. The maximum absolute atomic E-state index is 4.44. The van der Waals surface area contributed by atoms with E-state index in [1.165, 1.54) is 24.6 Å². The van der Waals surface area contributed by atoms with Crippen molar-refractivity contribution in [1.29, 1.82) is 0 Å². The van der Waals surface area contributed by atoms with Crippen LogP contribution in [0.1, 0.15) is 11.5 Å². The number of rotatable bonds is 2.